The SMILES string of the molecule is CC(C)CC1(CNC(=O)[C@@H]2CCCN2)CCCC1. The highest BCUT2D eigenvalue weighted by molar-refractivity contribution is 5.82. The van der Waals surface area contributed by atoms with Crippen molar-refractivity contribution >= 4 is 5.91 Å². The minimum absolute atomic E-state index is 0.0718. The fraction of sp³-hybridized carbons (Fsp3) is 0.933. The number of hydrogen-bond donors (Lipinski definition) is 2. The van der Waals surface area contributed by atoms with E-state index in [0.29, 0.717) is 5.41 Å². The zero-order valence-electron chi connectivity index (χ0n) is 11.9. The minimum atomic E-state index is 0.0718. The zero-order chi connectivity index (χ0) is 13.0. The van der Waals surface area contributed by atoms with Gasteiger partial charge in [-0.2, -0.15) is 0 Å². The summed E-state index contributed by atoms with van der Waals surface area (Å²) in [5, 5.41) is 6.48. The van der Waals surface area contributed by atoms with E-state index in [1.165, 1.54) is 32.1 Å². The first-order valence-electron chi connectivity index (χ1n) is 7.62. The predicted molar refractivity (Wildman–Crippen MR) is 74.4 cm³/mol. The van der Waals surface area contributed by atoms with Crippen molar-refractivity contribution in [2.24, 2.45) is 11.3 Å². The summed E-state index contributed by atoms with van der Waals surface area (Å²) in [4.78, 5) is 12.1. The Hall–Kier alpha value is -0.570. The summed E-state index contributed by atoms with van der Waals surface area (Å²) >= 11 is 0. The van der Waals surface area contributed by atoms with Gasteiger partial charge in [0.25, 0.3) is 0 Å². The highest BCUT2D eigenvalue weighted by Gasteiger charge is 2.35. The molecule has 2 rings (SSSR count). The summed E-state index contributed by atoms with van der Waals surface area (Å²) in [6, 6.07) is 0.0718. The van der Waals surface area contributed by atoms with E-state index < -0.39 is 0 Å². The summed E-state index contributed by atoms with van der Waals surface area (Å²) in [5.41, 5.74) is 0.391. The molecule has 1 saturated heterocycles. The molecule has 2 N–H and O–H groups in total. The van der Waals surface area contributed by atoms with Gasteiger partial charge in [0.2, 0.25) is 5.91 Å². The third-order valence-corrected chi connectivity index (χ3v) is 4.52. The van der Waals surface area contributed by atoms with E-state index >= 15 is 0 Å². The Balaban J connectivity index is 1.83. The lowest BCUT2D eigenvalue weighted by atomic mass is 9.78. The molecular weight excluding hydrogens is 224 g/mol. The molecule has 1 aliphatic carbocycles. The van der Waals surface area contributed by atoms with Gasteiger partial charge in [-0.3, -0.25) is 4.79 Å². The van der Waals surface area contributed by atoms with Crippen molar-refractivity contribution in [3.05, 3.63) is 0 Å². The second-order valence-electron chi connectivity index (χ2n) is 6.67. The predicted octanol–water partition coefficient (Wildman–Crippen LogP) is 2.46. The molecule has 0 radical (unpaired) electrons. The molecule has 0 aromatic rings. The van der Waals surface area contributed by atoms with Gasteiger partial charge < -0.3 is 10.6 Å². The van der Waals surface area contributed by atoms with Crippen LogP contribution in [-0.2, 0) is 4.79 Å². The number of carbonyl (C=O) groups excluding carboxylic acids is 1. The molecule has 3 heteroatoms. The lowest BCUT2D eigenvalue weighted by molar-refractivity contribution is -0.123. The molecular formula is C15H28N2O. The Morgan fingerprint density at radius 1 is 1.33 bits per heavy atom. The van der Waals surface area contributed by atoms with Crippen molar-refractivity contribution in [2.45, 2.75) is 64.8 Å². The van der Waals surface area contributed by atoms with E-state index in [-0.39, 0.29) is 11.9 Å². The van der Waals surface area contributed by atoms with Gasteiger partial charge >= 0.3 is 0 Å². The fourth-order valence-electron chi connectivity index (χ4n) is 3.75. The molecule has 0 aromatic heterocycles. The van der Waals surface area contributed by atoms with Gasteiger partial charge in [-0.25, -0.2) is 0 Å². The van der Waals surface area contributed by atoms with E-state index in [2.05, 4.69) is 24.5 Å². The van der Waals surface area contributed by atoms with Crippen LogP contribution >= 0.6 is 0 Å². The van der Waals surface area contributed by atoms with Gasteiger partial charge in [-0.15, -0.1) is 0 Å². The van der Waals surface area contributed by atoms with Gasteiger partial charge in [-0.1, -0.05) is 26.7 Å². The van der Waals surface area contributed by atoms with E-state index in [1.807, 2.05) is 0 Å². The van der Waals surface area contributed by atoms with Crippen LogP contribution in [0.15, 0.2) is 0 Å². The van der Waals surface area contributed by atoms with Gasteiger partial charge in [0.1, 0.15) is 0 Å². The van der Waals surface area contributed by atoms with Crippen LogP contribution in [0.4, 0.5) is 0 Å². The Labute approximate surface area is 111 Å². The average molecular weight is 252 g/mol. The Morgan fingerprint density at radius 3 is 2.61 bits per heavy atom. The molecule has 1 atom stereocenters. The second kappa shape index (κ2) is 6.05. The van der Waals surface area contributed by atoms with Gasteiger partial charge in [0.15, 0.2) is 0 Å². The first kappa shape index (κ1) is 13.9. The first-order valence-corrected chi connectivity index (χ1v) is 7.62. The van der Waals surface area contributed by atoms with Gasteiger partial charge in [0.05, 0.1) is 6.04 Å². The first-order chi connectivity index (χ1) is 8.61. The molecule has 2 aliphatic rings. The van der Waals surface area contributed by atoms with Crippen LogP contribution in [-0.4, -0.2) is 25.0 Å². The van der Waals surface area contributed by atoms with Crippen molar-refractivity contribution in [1.82, 2.24) is 10.6 Å². The molecule has 0 spiro atoms. The quantitative estimate of drug-likeness (QED) is 0.789. The number of amides is 1. The van der Waals surface area contributed by atoms with E-state index in [0.717, 1.165) is 31.8 Å². The number of carbonyl (C=O) groups is 1. The Bertz CT molecular complexity index is 276. The highest BCUT2D eigenvalue weighted by Crippen LogP contribution is 2.42. The minimum Gasteiger partial charge on any atom is -0.354 e. The summed E-state index contributed by atoms with van der Waals surface area (Å²) in [6.07, 6.45) is 8.66. The van der Waals surface area contributed by atoms with Crippen LogP contribution in [0.3, 0.4) is 0 Å². The molecule has 0 unspecified atom stereocenters. The standard InChI is InChI=1S/C15H28N2O/c1-12(2)10-15(7-3-4-8-15)11-17-14(18)13-6-5-9-16-13/h12-13,16H,3-11H2,1-2H3,(H,17,18)/t13-/m0/s1. The molecule has 3 nitrogen and oxygen atoms in total. The molecule has 104 valence electrons. The molecule has 0 bridgehead atoms. The van der Waals surface area contributed by atoms with Crippen molar-refractivity contribution in [3.63, 3.8) is 0 Å². The van der Waals surface area contributed by atoms with Crippen molar-refractivity contribution < 1.29 is 4.79 Å². The molecule has 2 fully saturated rings. The number of rotatable bonds is 5. The molecule has 1 heterocycles. The Kier molecular flexibility index (Phi) is 4.66. The topological polar surface area (TPSA) is 41.1 Å². The lowest BCUT2D eigenvalue weighted by Gasteiger charge is -2.31. The third kappa shape index (κ3) is 3.47. The van der Waals surface area contributed by atoms with Crippen LogP contribution in [0.2, 0.25) is 0 Å². The molecule has 18 heavy (non-hydrogen) atoms. The van der Waals surface area contributed by atoms with Crippen LogP contribution < -0.4 is 10.6 Å². The fourth-order valence-corrected chi connectivity index (χ4v) is 3.75. The highest BCUT2D eigenvalue weighted by atomic mass is 16.2. The monoisotopic (exact) mass is 252 g/mol. The third-order valence-electron chi connectivity index (χ3n) is 4.52. The van der Waals surface area contributed by atoms with Gasteiger partial charge in [0, 0.05) is 6.54 Å². The van der Waals surface area contributed by atoms with Crippen LogP contribution in [0, 0.1) is 11.3 Å². The van der Waals surface area contributed by atoms with Crippen LogP contribution in [0.1, 0.15) is 58.8 Å². The summed E-state index contributed by atoms with van der Waals surface area (Å²) < 4.78 is 0. The van der Waals surface area contributed by atoms with E-state index in [4.69, 9.17) is 0 Å². The normalized spacial score (nSPS) is 26.7. The smallest absolute Gasteiger partial charge is 0.237 e. The maximum absolute atomic E-state index is 12.1. The largest absolute Gasteiger partial charge is 0.354 e. The van der Waals surface area contributed by atoms with Gasteiger partial charge in [-0.05, 0) is 50.0 Å². The van der Waals surface area contributed by atoms with Crippen LogP contribution in [0.5, 0.6) is 0 Å². The molecule has 0 aromatic carbocycles. The van der Waals surface area contributed by atoms with E-state index in [1.54, 1.807) is 0 Å². The summed E-state index contributed by atoms with van der Waals surface area (Å²) in [5.74, 6) is 0.951. The van der Waals surface area contributed by atoms with Crippen LogP contribution in [0.25, 0.3) is 0 Å². The molecule has 1 amide bonds. The Morgan fingerprint density at radius 2 is 2.06 bits per heavy atom. The average Bonchev–Trinajstić information content (AvgIpc) is 2.96. The van der Waals surface area contributed by atoms with E-state index in [9.17, 15) is 4.79 Å². The summed E-state index contributed by atoms with van der Waals surface area (Å²) in [7, 11) is 0. The maximum atomic E-state index is 12.1. The van der Waals surface area contributed by atoms with Crippen molar-refractivity contribution in [1.29, 1.82) is 0 Å². The lowest BCUT2D eigenvalue weighted by Crippen LogP contribution is -2.45. The maximum Gasteiger partial charge on any atom is 0.237 e. The second-order valence-corrected chi connectivity index (χ2v) is 6.67. The van der Waals surface area contributed by atoms with Crippen molar-refractivity contribution in [3.8, 4) is 0 Å². The summed E-state index contributed by atoms with van der Waals surface area (Å²) in [6.45, 7) is 6.47. The number of hydrogen-bond acceptors (Lipinski definition) is 2. The molecule has 1 saturated carbocycles. The molecule has 1 aliphatic heterocycles. The van der Waals surface area contributed by atoms with Crippen molar-refractivity contribution in [2.75, 3.05) is 13.1 Å². The number of nitrogens with one attached hydrogen (secondary N) is 2. The zero-order valence-corrected chi connectivity index (χ0v) is 11.9.